The number of aliphatic carboxylic acids is 1. The summed E-state index contributed by atoms with van der Waals surface area (Å²) in [5, 5.41) is 12.8. The molecule has 5 aliphatic carbocycles. The molecule has 0 aromatic heterocycles. The summed E-state index contributed by atoms with van der Waals surface area (Å²) in [6, 6.07) is 0. The standard InChI is InChI=1S/C39H65NO4/c1-25(2)26-13-18-39(21-22-40-10)20-19-37(8)27(33(26)39)11-12-29-36(7)16-15-30(35(5,6)28(36)14-17-38(29,37)9)44-32(43)24-34(3,4)23-31(41)42/h26-30,33,40H,1,11-24H2,2-10H3,(H,41,42)/t26-,27+,28?,29?,30-,33+,36-,37+,38+,39+/m0/s1. The van der Waals surface area contributed by atoms with Crippen LogP contribution in [0, 0.1) is 62.1 Å². The Labute approximate surface area is 269 Å². The van der Waals surface area contributed by atoms with Crippen LogP contribution < -0.4 is 5.32 Å². The lowest BCUT2D eigenvalue weighted by atomic mass is 9.32. The van der Waals surface area contributed by atoms with Gasteiger partial charge in [-0.3, -0.25) is 9.59 Å². The molecule has 5 fully saturated rings. The quantitative estimate of drug-likeness (QED) is 0.201. The van der Waals surface area contributed by atoms with Crippen LogP contribution in [0.4, 0.5) is 0 Å². The average Bonchev–Trinajstić information content (AvgIpc) is 3.28. The molecule has 0 aromatic carbocycles. The molecule has 5 rings (SSSR count). The molecular weight excluding hydrogens is 546 g/mol. The number of allylic oxidation sites excluding steroid dienone is 1. The number of carbonyl (C=O) groups excluding carboxylic acids is 1. The maximum atomic E-state index is 13.1. The highest BCUT2D eigenvalue weighted by Gasteiger charge is 2.71. The number of hydrogen-bond donors (Lipinski definition) is 2. The van der Waals surface area contributed by atoms with Crippen LogP contribution in [-0.4, -0.2) is 36.7 Å². The maximum Gasteiger partial charge on any atom is 0.306 e. The summed E-state index contributed by atoms with van der Waals surface area (Å²) in [6.45, 7) is 24.5. The maximum absolute atomic E-state index is 13.1. The van der Waals surface area contributed by atoms with E-state index < -0.39 is 11.4 Å². The molecule has 5 nitrogen and oxygen atoms in total. The van der Waals surface area contributed by atoms with Gasteiger partial charge in [0.2, 0.25) is 0 Å². The summed E-state index contributed by atoms with van der Waals surface area (Å²) in [6.07, 6.45) is 14.0. The van der Waals surface area contributed by atoms with E-state index in [1.807, 2.05) is 13.8 Å². The van der Waals surface area contributed by atoms with E-state index in [4.69, 9.17) is 4.74 Å². The second-order valence-corrected chi connectivity index (χ2v) is 18.7. The minimum Gasteiger partial charge on any atom is -0.481 e. The van der Waals surface area contributed by atoms with Crippen LogP contribution in [0.15, 0.2) is 12.2 Å². The molecule has 2 N–H and O–H groups in total. The van der Waals surface area contributed by atoms with Gasteiger partial charge in [-0.1, -0.05) is 60.6 Å². The van der Waals surface area contributed by atoms with Crippen molar-refractivity contribution in [3.8, 4) is 0 Å². The largest absolute Gasteiger partial charge is 0.481 e. The molecule has 0 radical (unpaired) electrons. The number of carboxylic acid groups (broad SMARTS) is 1. The van der Waals surface area contributed by atoms with E-state index in [2.05, 4.69) is 60.5 Å². The Morgan fingerprint density at radius 1 is 0.886 bits per heavy atom. The molecule has 0 heterocycles. The van der Waals surface area contributed by atoms with Crippen molar-refractivity contribution in [3.05, 3.63) is 12.2 Å². The average molecular weight is 612 g/mol. The van der Waals surface area contributed by atoms with Gasteiger partial charge in [0.25, 0.3) is 0 Å². The molecule has 0 aliphatic heterocycles. The summed E-state index contributed by atoms with van der Waals surface area (Å²) >= 11 is 0. The zero-order valence-electron chi connectivity index (χ0n) is 29.7. The van der Waals surface area contributed by atoms with Crippen molar-refractivity contribution < 1.29 is 19.4 Å². The van der Waals surface area contributed by atoms with Gasteiger partial charge >= 0.3 is 11.9 Å². The highest BCUT2D eigenvalue weighted by atomic mass is 16.5. The van der Waals surface area contributed by atoms with E-state index in [-0.39, 0.29) is 35.7 Å². The Bertz CT molecular complexity index is 1140. The van der Waals surface area contributed by atoms with Crippen LogP contribution >= 0.6 is 0 Å². The molecule has 0 amide bonds. The predicted molar refractivity (Wildman–Crippen MR) is 178 cm³/mol. The van der Waals surface area contributed by atoms with Gasteiger partial charge in [0, 0.05) is 5.41 Å². The summed E-state index contributed by atoms with van der Waals surface area (Å²) in [5.41, 5.74) is 2.09. The number of fused-ring (bicyclic) bond motifs is 7. The number of esters is 1. The van der Waals surface area contributed by atoms with E-state index in [1.54, 1.807) is 0 Å². The normalized spacial score (nSPS) is 44.5. The first-order chi connectivity index (χ1) is 20.4. The lowest BCUT2D eigenvalue weighted by Crippen LogP contribution is -2.66. The Hall–Kier alpha value is -1.36. The Kier molecular flexibility index (Phi) is 8.81. The summed E-state index contributed by atoms with van der Waals surface area (Å²) in [4.78, 5) is 24.5. The van der Waals surface area contributed by atoms with Gasteiger partial charge in [0.15, 0.2) is 0 Å². The van der Waals surface area contributed by atoms with Gasteiger partial charge in [0.05, 0.1) is 12.8 Å². The van der Waals surface area contributed by atoms with Gasteiger partial charge in [0.1, 0.15) is 6.10 Å². The topological polar surface area (TPSA) is 75.6 Å². The third-order valence-electron chi connectivity index (χ3n) is 15.6. The first-order valence-electron chi connectivity index (χ1n) is 18.1. The van der Waals surface area contributed by atoms with Gasteiger partial charge in [-0.2, -0.15) is 0 Å². The smallest absolute Gasteiger partial charge is 0.306 e. The molecule has 2 unspecified atom stereocenters. The molecular formula is C39H65NO4. The molecule has 0 spiro atoms. The number of carbonyl (C=O) groups is 2. The Balaban J connectivity index is 1.39. The van der Waals surface area contributed by atoms with Crippen LogP contribution in [-0.2, 0) is 14.3 Å². The lowest BCUT2D eigenvalue weighted by molar-refractivity contribution is -0.250. The second kappa shape index (κ2) is 11.4. The van der Waals surface area contributed by atoms with Crippen molar-refractivity contribution in [2.24, 2.45) is 62.1 Å². The van der Waals surface area contributed by atoms with Crippen molar-refractivity contribution >= 4 is 11.9 Å². The predicted octanol–water partition coefficient (Wildman–Crippen LogP) is 9.06. The lowest BCUT2D eigenvalue weighted by Gasteiger charge is -2.73. The molecule has 0 aromatic rings. The number of nitrogens with one attached hydrogen (secondary N) is 1. The fourth-order valence-electron chi connectivity index (χ4n) is 13.3. The highest BCUT2D eigenvalue weighted by molar-refractivity contribution is 5.73. The number of ether oxygens (including phenoxy) is 1. The summed E-state index contributed by atoms with van der Waals surface area (Å²) in [5.74, 6) is 2.32. The first-order valence-corrected chi connectivity index (χ1v) is 18.1. The summed E-state index contributed by atoms with van der Waals surface area (Å²) < 4.78 is 6.26. The third kappa shape index (κ3) is 5.22. The molecule has 10 atom stereocenters. The van der Waals surface area contributed by atoms with E-state index in [9.17, 15) is 14.7 Å². The number of carboxylic acids is 1. The fourth-order valence-corrected chi connectivity index (χ4v) is 13.3. The number of hydrogen-bond acceptors (Lipinski definition) is 4. The molecule has 5 heteroatoms. The zero-order valence-corrected chi connectivity index (χ0v) is 29.7. The zero-order chi connectivity index (χ0) is 32.5. The van der Waals surface area contributed by atoms with E-state index in [0.29, 0.717) is 34.0 Å². The first kappa shape index (κ1) is 34.0. The molecule has 0 saturated heterocycles. The minimum absolute atomic E-state index is 0.0263. The van der Waals surface area contributed by atoms with Crippen LogP contribution in [0.2, 0.25) is 0 Å². The van der Waals surface area contributed by atoms with E-state index >= 15 is 0 Å². The van der Waals surface area contributed by atoms with E-state index in [0.717, 1.165) is 31.2 Å². The van der Waals surface area contributed by atoms with Gasteiger partial charge in [-0.05, 0) is 148 Å². The van der Waals surface area contributed by atoms with Gasteiger partial charge in [-0.15, -0.1) is 0 Å². The van der Waals surface area contributed by atoms with Crippen molar-refractivity contribution in [3.63, 3.8) is 0 Å². The second-order valence-electron chi connectivity index (χ2n) is 18.7. The molecule has 44 heavy (non-hydrogen) atoms. The molecule has 5 aliphatic rings. The third-order valence-corrected chi connectivity index (χ3v) is 15.6. The molecule has 5 saturated carbocycles. The Morgan fingerprint density at radius 3 is 2.23 bits per heavy atom. The summed E-state index contributed by atoms with van der Waals surface area (Å²) in [7, 11) is 2.12. The van der Waals surface area contributed by atoms with Crippen LogP contribution in [0.25, 0.3) is 0 Å². The molecule has 0 bridgehead atoms. The van der Waals surface area contributed by atoms with Gasteiger partial charge in [-0.25, -0.2) is 0 Å². The van der Waals surface area contributed by atoms with Crippen LogP contribution in [0.5, 0.6) is 0 Å². The van der Waals surface area contributed by atoms with Gasteiger partial charge < -0.3 is 15.2 Å². The highest BCUT2D eigenvalue weighted by Crippen LogP contribution is 2.78. The van der Waals surface area contributed by atoms with Crippen molar-refractivity contribution in [1.82, 2.24) is 5.32 Å². The molecule has 250 valence electrons. The SMILES string of the molecule is C=C(C)[C@@H]1CC[C@]2(CCNC)CC[C@]3(C)[C@H](CCC4[C@@]5(C)CC[C@H](OC(=O)CC(C)(C)CC(=O)O)C(C)(C)C5CC[C@]43C)[C@@H]12. The number of rotatable bonds is 9. The monoisotopic (exact) mass is 611 g/mol. The van der Waals surface area contributed by atoms with Crippen LogP contribution in [0.1, 0.15) is 139 Å². The minimum atomic E-state index is -0.866. The van der Waals surface area contributed by atoms with Crippen molar-refractivity contribution in [2.75, 3.05) is 13.6 Å². The van der Waals surface area contributed by atoms with Crippen molar-refractivity contribution in [1.29, 1.82) is 0 Å². The van der Waals surface area contributed by atoms with Crippen LogP contribution in [0.3, 0.4) is 0 Å². The fraction of sp³-hybridized carbons (Fsp3) is 0.897. The van der Waals surface area contributed by atoms with Crippen molar-refractivity contribution in [2.45, 2.75) is 145 Å². The van der Waals surface area contributed by atoms with E-state index in [1.165, 1.54) is 63.4 Å². The Morgan fingerprint density at radius 2 is 1.59 bits per heavy atom.